The van der Waals surface area contributed by atoms with Gasteiger partial charge in [0.25, 0.3) is 0 Å². The van der Waals surface area contributed by atoms with Gasteiger partial charge in [0, 0.05) is 13.1 Å². The number of amides is 1. The fraction of sp³-hybridized carbons (Fsp3) is 0.200. The molecule has 0 aliphatic carbocycles. The second kappa shape index (κ2) is 6.63. The molecular formula is C20H17FN2O3. The third kappa shape index (κ3) is 3.06. The van der Waals surface area contributed by atoms with Crippen LogP contribution in [0.25, 0.3) is 16.7 Å². The number of carbonyl (C=O) groups excluding carboxylic acids is 1. The first-order valence-electron chi connectivity index (χ1n) is 8.43. The lowest BCUT2D eigenvalue weighted by Crippen LogP contribution is -2.38. The van der Waals surface area contributed by atoms with E-state index >= 15 is 0 Å². The monoisotopic (exact) mass is 352 g/mol. The molecule has 0 spiro atoms. The van der Waals surface area contributed by atoms with Crippen LogP contribution in [0.1, 0.15) is 12.0 Å². The van der Waals surface area contributed by atoms with Gasteiger partial charge in [-0.05, 0) is 41.8 Å². The molecule has 0 bridgehead atoms. The molecule has 0 unspecified atom stereocenters. The first-order valence-corrected chi connectivity index (χ1v) is 8.43. The van der Waals surface area contributed by atoms with E-state index in [1.54, 1.807) is 41.3 Å². The van der Waals surface area contributed by atoms with E-state index in [0.717, 1.165) is 11.1 Å². The molecule has 0 N–H and O–H groups in total. The van der Waals surface area contributed by atoms with Crippen LogP contribution < -0.4 is 5.76 Å². The van der Waals surface area contributed by atoms with Crippen LogP contribution in [0.2, 0.25) is 0 Å². The Hall–Kier alpha value is -3.15. The summed E-state index contributed by atoms with van der Waals surface area (Å²) in [4.78, 5) is 26.3. The molecule has 3 aromatic rings. The maximum absolute atomic E-state index is 13.0. The molecule has 1 aliphatic heterocycles. The highest BCUT2D eigenvalue weighted by atomic mass is 19.1. The van der Waals surface area contributed by atoms with E-state index in [4.69, 9.17) is 4.42 Å². The zero-order chi connectivity index (χ0) is 18.1. The topological polar surface area (TPSA) is 55.5 Å². The molecule has 2 heterocycles. The quantitative estimate of drug-likeness (QED) is 0.728. The fourth-order valence-electron chi connectivity index (χ4n) is 3.22. The molecule has 1 amide bonds. The molecule has 5 nitrogen and oxygen atoms in total. The Morgan fingerprint density at radius 2 is 1.88 bits per heavy atom. The van der Waals surface area contributed by atoms with E-state index in [1.165, 1.54) is 16.7 Å². The van der Waals surface area contributed by atoms with Gasteiger partial charge in [-0.1, -0.05) is 30.3 Å². The van der Waals surface area contributed by atoms with Crippen LogP contribution in [0, 0.1) is 5.82 Å². The molecular weight excluding hydrogens is 335 g/mol. The van der Waals surface area contributed by atoms with Crippen LogP contribution >= 0.6 is 0 Å². The molecule has 0 atom stereocenters. The summed E-state index contributed by atoms with van der Waals surface area (Å²) in [5, 5.41) is 0. The number of carbonyl (C=O) groups is 1. The summed E-state index contributed by atoms with van der Waals surface area (Å²) in [5.74, 6) is -0.924. The van der Waals surface area contributed by atoms with Gasteiger partial charge < -0.3 is 9.32 Å². The van der Waals surface area contributed by atoms with Crippen LogP contribution in [0.5, 0.6) is 0 Å². The highest BCUT2D eigenvalue weighted by Crippen LogP contribution is 2.23. The Morgan fingerprint density at radius 1 is 1.12 bits per heavy atom. The predicted molar refractivity (Wildman–Crippen MR) is 96.0 cm³/mol. The molecule has 6 heteroatoms. The van der Waals surface area contributed by atoms with Crippen molar-refractivity contribution in [1.29, 1.82) is 0 Å². The number of nitrogens with zero attached hydrogens (tertiary/aromatic N) is 2. The molecule has 26 heavy (non-hydrogen) atoms. The van der Waals surface area contributed by atoms with Crippen molar-refractivity contribution in [3.8, 4) is 0 Å². The van der Waals surface area contributed by atoms with Gasteiger partial charge in [-0.3, -0.25) is 9.36 Å². The number of rotatable bonds is 3. The largest absolute Gasteiger partial charge is 0.420 e. The summed E-state index contributed by atoms with van der Waals surface area (Å²) in [5.41, 5.74) is 3.16. The first-order chi connectivity index (χ1) is 12.6. The number of halogens is 1. The molecule has 0 saturated heterocycles. The first kappa shape index (κ1) is 16.3. The molecule has 0 saturated carbocycles. The van der Waals surface area contributed by atoms with Gasteiger partial charge in [-0.15, -0.1) is 0 Å². The van der Waals surface area contributed by atoms with E-state index in [9.17, 15) is 14.0 Å². The molecule has 132 valence electrons. The zero-order valence-electron chi connectivity index (χ0n) is 14.0. The number of oxazole rings is 1. The molecule has 1 aliphatic rings. The Kier molecular flexibility index (Phi) is 4.16. The van der Waals surface area contributed by atoms with Crippen LogP contribution in [-0.4, -0.2) is 28.5 Å². The summed E-state index contributed by atoms with van der Waals surface area (Å²) in [7, 11) is 0. The minimum Gasteiger partial charge on any atom is -0.408 e. The van der Waals surface area contributed by atoms with Gasteiger partial charge in [-0.2, -0.15) is 0 Å². The Morgan fingerprint density at radius 3 is 2.62 bits per heavy atom. The highest BCUT2D eigenvalue weighted by molar-refractivity contribution is 5.81. The lowest BCUT2D eigenvalue weighted by atomic mass is 9.99. The van der Waals surface area contributed by atoms with E-state index < -0.39 is 5.76 Å². The van der Waals surface area contributed by atoms with Crippen molar-refractivity contribution in [2.24, 2.45) is 0 Å². The van der Waals surface area contributed by atoms with Crippen LogP contribution in [-0.2, 0) is 11.3 Å². The van der Waals surface area contributed by atoms with Gasteiger partial charge in [-0.25, -0.2) is 9.18 Å². The minimum absolute atomic E-state index is 0.0461. The van der Waals surface area contributed by atoms with Gasteiger partial charge in [0.1, 0.15) is 12.4 Å². The number of fused-ring (bicyclic) bond motifs is 1. The third-order valence-electron chi connectivity index (χ3n) is 4.64. The van der Waals surface area contributed by atoms with E-state index in [0.29, 0.717) is 30.6 Å². The summed E-state index contributed by atoms with van der Waals surface area (Å²) >= 11 is 0. The second-order valence-corrected chi connectivity index (χ2v) is 6.25. The zero-order valence-corrected chi connectivity index (χ0v) is 14.0. The number of para-hydroxylation sites is 2. The molecule has 0 fully saturated rings. The van der Waals surface area contributed by atoms with Crippen molar-refractivity contribution >= 4 is 22.6 Å². The highest BCUT2D eigenvalue weighted by Gasteiger charge is 2.20. The van der Waals surface area contributed by atoms with Crippen molar-refractivity contribution < 1.29 is 13.6 Å². The number of hydrogen-bond acceptors (Lipinski definition) is 3. The van der Waals surface area contributed by atoms with Gasteiger partial charge in [0.2, 0.25) is 5.91 Å². The van der Waals surface area contributed by atoms with Crippen molar-refractivity contribution in [2.75, 3.05) is 13.1 Å². The number of hydrogen-bond donors (Lipinski definition) is 0. The number of aromatic nitrogens is 1. The summed E-state index contributed by atoms with van der Waals surface area (Å²) in [6.45, 7) is 0.984. The van der Waals surface area contributed by atoms with Gasteiger partial charge in [0.05, 0.1) is 5.52 Å². The smallest absolute Gasteiger partial charge is 0.408 e. The van der Waals surface area contributed by atoms with Crippen molar-refractivity contribution in [2.45, 2.75) is 13.0 Å². The Labute approximate surface area is 149 Å². The minimum atomic E-state index is -0.529. The maximum Gasteiger partial charge on any atom is 0.420 e. The SMILES string of the molecule is O=C(Cn1c(=O)oc2ccccc21)N1CC=C(c2ccc(F)cc2)CC1. The standard InChI is InChI=1S/C20H17FN2O3/c21-16-7-5-14(6-8-16)15-9-11-22(12-10-15)19(24)13-23-17-3-1-2-4-18(17)26-20(23)25/h1-9H,10-13H2. The fourth-order valence-corrected chi connectivity index (χ4v) is 3.22. The molecule has 0 radical (unpaired) electrons. The third-order valence-corrected chi connectivity index (χ3v) is 4.64. The van der Waals surface area contributed by atoms with Gasteiger partial charge >= 0.3 is 5.76 Å². The van der Waals surface area contributed by atoms with Crippen LogP contribution in [0.3, 0.4) is 0 Å². The van der Waals surface area contributed by atoms with E-state index in [1.807, 2.05) is 6.08 Å². The van der Waals surface area contributed by atoms with E-state index in [-0.39, 0.29) is 18.3 Å². The Balaban J connectivity index is 1.49. The molecule has 2 aromatic carbocycles. The maximum atomic E-state index is 13.0. The molecule has 1 aromatic heterocycles. The average Bonchev–Trinajstić information content (AvgIpc) is 2.98. The molecule has 4 rings (SSSR count). The van der Waals surface area contributed by atoms with Crippen molar-refractivity contribution in [1.82, 2.24) is 9.47 Å². The van der Waals surface area contributed by atoms with Crippen molar-refractivity contribution in [3.05, 3.63) is 76.5 Å². The summed E-state index contributed by atoms with van der Waals surface area (Å²) in [6.07, 6.45) is 2.67. The summed E-state index contributed by atoms with van der Waals surface area (Å²) in [6, 6.07) is 13.4. The number of benzene rings is 2. The Bertz CT molecular complexity index is 1050. The van der Waals surface area contributed by atoms with Crippen LogP contribution in [0.4, 0.5) is 4.39 Å². The van der Waals surface area contributed by atoms with Crippen molar-refractivity contribution in [3.63, 3.8) is 0 Å². The lowest BCUT2D eigenvalue weighted by Gasteiger charge is -2.26. The van der Waals surface area contributed by atoms with E-state index in [2.05, 4.69) is 0 Å². The lowest BCUT2D eigenvalue weighted by molar-refractivity contribution is -0.131. The average molecular weight is 352 g/mol. The van der Waals surface area contributed by atoms with Crippen LogP contribution in [0.15, 0.2) is 63.8 Å². The van der Waals surface area contributed by atoms with Gasteiger partial charge in [0.15, 0.2) is 5.58 Å². The predicted octanol–water partition coefficient (Wildman–Crippen LogP) is 3.05. The summed E-state index contributed by atoms with van der Waals surface area (Å²) < 4.78 is 19.6. The normalized spacial score (nSPS) is 14.5. The second-order valence-electron chi connectivity index (χ2n) is 6.25.